The molecule has 12 heteroatoms. The van der Waals surface area contributed by atoms with Crippen LogP contribution in [0, 0.1) is 11.3 Å². The average molecular weight is 663 g/mol. The average Bonchev–Trinajstić information content (AvgIpc) is 2.94. The van der Waals surface area contributed by atoms with Crippen LogP contribution in [0.4, 0.5) is 4.79 Å². The molecule has 0 aliphatic rings. The second-order valence-corrected chi connectivity index (χ2v) is 12.8. The fraction of sp³-hybridized carbons (Fsp3) is 0.484. The quantitative estimate of drug-likeness (QED) is 0.207. The Hall–Kier alpha value is -3.48. The van der Waals surface area contributed by atoms with Crippen LogP contribution in [0.5, 0.6) is 0 Å². The lowest BCUT2D eigenvalue weighted by atomic mass is 9.86. The van der Waals surface area contributed by atoms with E-state index < -0.39 is 46.9 Å². The molecule has 0 fully saturated rings. The largest absolute Gasteiger partial charge is 0.453 e. The second-order valence-electron chi connectivity index (χ2n) is 11.9. The van der Waals surface area contributed by atoms with Crippen molar-refractivity contribution in [2.45, 2.75) is 65.3 Å². The number of amides is 4. The van der Waals surface area contributed by atoms with Gasteiger partial charge in [-0.1, -0.05) is 93.0 Å². The van der Waals surface area contributed by atoms with Crippen molar-refractivity contribution < 1.29 is 29.0 Å². The third-order valence-electron chi connectivity index (χ3n) is 6.83. The second kappa shape index (κ2) is 15.8. The Kier molecular flexibility index (Phi) is 13.2. The lowest BCUT2D eigenvalue weighted by molar-refractivity contribution is -0.148. The molecule has 43 heavy (non-hydrogen) atoms. The molecule has 2 aromatic rings. The molecule has 3 atom stereocenters. The molecule has 0 radical (unpaired) electrons. The molecule has 236 valence electrons. The predicted octanol–water partition coefficient (Wildman–Crippen LogP) is 2.91. The Balaban J connectivity index is 2.53. The number of hydrazine groups is 1. The third kappa shape index (κ3) is 10.9. The van der Waals surface area contributed by atoms with Gasteiger partial charge in [-0.3, -0.25) is 19.8 Å². The molecule has 0 saturated heterocycles. The van der Waals surface area contributed by atoms with Crippen LogP contribution in [0.25, 0.3) is 0 Å². The number of rotatable bonds is 13. The van der Waals surface area contributed by atoms with Gasteiger partial charge in [0.15, 0.2) is 5.60 Å². The molecule has 0 saturated carbocycles. The van der Waals surface area contributed by atoms with E-state index in [1.54, 1.807) is 58.9 Å². The molecule has 0 aromatic heterocycles. The number of benzene rings is 2. The molecular formula is C31H44BrN5O6. The number of nitrogens with zero attached hydrogens (tertiary/aromatic N) is 1. The van der Waals surface area contributed by atoms with E-state index >= 15 is 0 Å². The van der Waals surface area contributed by atoms with Crippen molar-refractivity contribution in [2.24, 2.45) is 11.3 Å². The summed E-state index contributed by atoms with van der Waals surface area (Å²) in [7, 11) is 2.68. The van der Waals surface area contributed by atoms with E-state index in [1.165, 1.54) is 19.2 Å². The van der Waals surface area contributed by atoms with Gasteiger partial charge in [-0.2, -0.15) is 0 Å². The van der Waals surface area contributed by atoms with Gasteiger partial charge in [-0.05, 0) is 34.6 Å². The summed E-state index contributed by atoms with van der Waals surface area (Å²) in [6.07, 6.45) is -0.878. The first-order valence-corrected chi connectivity index (χ1v) is 14.8. The van der Waals surface area contributed by atoms with Crippen LogP contribution >= 0.6 is 15.9 Å². The summed E-state index contributed by atoms with van der Waals surface area (Å²) in [5, 5.41) is 21.4. The van der Waals surface area contributed by atoms with Crippen LogP contribution in [0.1, 0.15) is 45.7 Å². The van der Waals surface area contributed by atoms with E-state index in [-0.39, 0.29) is 25.4 Å². The molecule has 11 nitrogen and oxygen atoms in total. The van der Waals surface area contributed by atoms with Gasteiger partial charge < -0.3 is 25.8 Å². The van der Waals surface area contributed by atoms with E-state index in [2.05, 4.69) is 37.3 Å². The van der Waals surface area contributed by atoms with E-state index in [0.717, 1.165) is 10.0 Å². The van der Waals surface area contributed by atoms with Crippen molar-refractivity contribution in [3.63, 3.8) is 0 Å². The molecule has 5 N–H and O–H groups in total. The molecular weight excluding hydrogens is 618 g/mol. The Labute approximate surface area is 262 Å². The molecule has 2 rings (SSSR count). The third-order valence-corrected chi connectivity index (χ3v) is 7.36. The van der Waals surface area contributed by atoms with Gasteiger partial charge in [-0.25, -0.2) is 9.80 Å². The van der Waals surface area contributed by atoms with Crippen molar-refractivity contribution in [3.05, 3.63) is 70.2 Å². The first-order chi connectivity index (χ1) is 20.1. The number of carbonyl (C=O) groups is 4. The lowest BCUT2D eigenvalue weighted by Crippen LogP contribution is -2.63. The molecule has 0 aliphatic carbocycles. The highest BCUT2D eigenvalue weighted by molar-refractivity contribution is 9.10. The zero-order chi connectivity index (χ0) is 32.4. The lowest BCUT2D eigenvalue weighted by Gasteiger charge is -2.37. The Morgan fingerprint density at radius 1 is 0.930 bits per heavy atom. The molecule has 0 unspecified atom stereocenters. The summed E-state index contributed by atoms with van der Waals surface area (Å²) in [5.74, 6) is -2.00. The minimum Gasteiger partial charge on any atom is -0.453 e. The van der Waals surface area contributed by atoms with Crippen LogP contribution in [0.2, 0.25) is 0 Å². The molecule has 0 aliphatic heterocycles. The van der Waals surface area contributed by atoms with Crippen molar-refractivity contribution >= 4 is 39.7 Å². The van der Waals surface area contributed by atoms with Crippen molar-refractivity contribution in [2.75, 3.05) is 20.7 Å². The number of hydrogen-bond donors (Lipinski definition) is 5. The number of ether oxygens (including phenoxy) is 1. The number of methoxy groups -OCH3 is 1. The minimum atomic E-state index is -2.09. The normalized spacial score (nSPS) is 14.3. The van der Waals surface area contributed by atoms with Gasteiger partial charge in [0.25, 0.3) is 11.8 Å². The summed E-state index contributed by atoms with van der Waals surface area (Å²) >= 11 is 3.42. The van der Waals surface area contributed by atoms with Crippen molar-refractivity contribution in [1.29, 1.82) is 0 Å². The van der Waals surface area contributed by atoms with E-state index in [4.69, 9.17) is 4.74 Å². The number of nitrogens with one attached hydrogen (secondary N) is 4. The van der Waals surface area contributed by atoms with Gasteiger partial charge in [0.2, 0.25) is 5.91 Å². The Morgan fingerprint density at radius 3 is 2.05 bits per heavy atom. The van der Waals surface area contributed by atoms with E-state index in [9.17, 15) is 24.3 Å². The minimum absolute atomic E-state index is 0.103. The fourth-order valence-electron chi connectivity index (χ4n) is 4.44. The maximum Gasteiger partial charge on any atom is 0.407 e. The summed E-state index contributed by atoms with van der Waals surface area (Å²) < 4.78 is 5.58. The number of halogens is 1. The zero-order valence-corrected chi connectivity index (χ0v) is 27.4. The number of likely N-dealkylation sites (N-methyl/N-ethyl adjacent to an activating group) is 1. The van der Waals surface area contributed by atoms with Gasteiger partial charge in [0, 0.05) is 24.5 Å². The standard InChI is InChI=1S/C31H44BrN5O6/c1-20(2)24(26(38)33-6)34-28(40)31(42,17-21-11-9-8-10-12-21)19-37(18-22-13-15-23(32)16-14-22)36-27(39)25(30(3,4)5)35-29(41)43-7/h8-16,20,24-25,42H,17-19H2,1-7H3,(H,33,38)(H,34,40)(H,35,41)(H,36,39)/t24-,25+,31-/m0/s1. The highest BCUT2D eigenvalue weighted by Crippen LogP contribution is 2.22. The zero-order valence-electron chi connectivity index (χ0n) is 25.9. The maximum atomic E-state index is 13.8. The SMILES string of the molecule is CNC(=O)[C@@H](NC(=O)[C@](O)(Cc1ccccc1)CN(Cc1ccc(Br)cc1)NC(=O)[C@@H](NC(=O)OC)C(C)(C)C)C(C)C. The summed E-state index contributed by atoms with van der Waals surface area (Å²) in [6.45, 7) is 8.71. The monoisotopic (exact) mass is 661 g/mol. The number of carbonyl (C=O) groups excluding carboxylic acids is 4. The fourth-order valence-corrected chi connectivity index (χ4v) is 4.71. The molecule has 0 bridgehead atoms. The summed E-state index contributed by atoms with van der Waals surface area (Å²) in [4.78, 5) is 52.1. The van der Waals surface area contributed by atoms with Crippen LogP contribution in [0.15, 0.2) is 59.1 Å². The first-order valence-electron chi connectivity index (χ1n) is 14.0. The summed E-state index contributed by atoms with van der Waals surface area (Å²) in [6, 6.07) is 14.4. The summed E-state index contributed by atoms with van der Waals surface area (Å²) in [5.41, 5.74) is 1.48. The molecule has 0 heterocycles. The number of aliphatic hydroxyl groups is 1. The highest BCUT2D eigenvalue weighted by atomic mass is 79.9. The molecule has 4 amide bonds. The molecule has 2 aromatic carbocycles. The van der Waals surface area contributed by atoms with E-state index in [1.807, 2.05) is 30.3 Å². The van der Waals surface area contributed by atoms with E-state index in [0.29, 0.717) is 5.56 Å². The van der Waals surface area contributed by atoms with Gasteiger partial charge >= 0.3 is 6.09 Å². The van der Waals surface area contributed by atoms with Crippen molar-refractivity contribution in [3.8, 4) is 0 Å². The predicted molar refractivity (Wildman–Crippen MR) is 167 cm³/mol. The van der Waals surface area contributed by atoms with Gasteiger partial charge in [0.05, 0.1) is 13.7 Å². The maximum absolute atomic E-state index is 13.8. The van der Waals surface area contributed by atoms with Gasteiger partial charge in [0.1, 0.15) is 12.1 Å². The number of alkyl carbamates (subject to hydrolysis) is 1. The topological polar surface area (TPSA) is 149 Å². The molecule has 0 spiro atoms. The Bertz CT molecular complexity index is 1240. The van der Waals surface area contributed by atoms with Crippen LogP contribution in [-0.2, 0) is 32.1 Å². The van der Waals surface area contributed by atoms with Crippen molar-refractivity contribution in [1.82, 2.24) is 26.4 Å². The van der Waals surface area contributed by atoms with Gasteiger partial charge in [-0.15, -0.1) is 0 Å². The highest BCUT2D eigenvalue weighted by Gasteiger charge is 2.42. The van der Waals surface area contributed by atoms with Crippen LogP contribution in [0.3, 0.4) is 0 Å². The number of hydrogen-bond acceptors (Lipinski definition) is 7. The first kappa shape index (κ1) is 35.7. The van der Waals surface area contributed by atoms with Crippen LogP contribution in [-0.4, -0.2) is 72.3 Å². The van der Waals surface area contributed by atoms with Crippen LogP contribution < -0.4 is 21.4 Å². The smallest absolute Gasteiger partial charge is 0.407 e. The Morgan fingerprint density at radius 2 is 1.53 bits per heavy atom.